The van der Waals surface area contributed by atoms with E-state index in [0.29, 0.717) is 13.0 Å². The van der Waals surface area contributed by atoms with Crippen molar-refractivity contribution in [1.29, 1.82) is 0 Å². The molecule has 0 aromatic carbocycles. The number of hydrogen-bond donors (Lipinski definition) is 0. The first-order valence-corrected chi connectivity index (χ1v) is 6.28. The average Bonchev–Trinajstić information content (AvgIpc) is 2.10. The van der Waals surface area contributed by atoms with Crippen molar-refractivity contribution < 1.29 is 14.6 Å². The average molecular weight is 244 g/mol. The fourth-order valence-electron chi connectivity index (χ4n) is 2.10. The fraction of sp³-hybridized carbons (Fsp3) is 0.929. The van der Waals surface area contributed by atoms with Crippen LogP contribution in [0.2, 0.25) is 0 Å². The Morgan fingerprint density at radius 2 is 1.35 bits per heavy atom. The minimum Gasteiger partial charge on any atom is -0.298 e. The minimum absolute atomic E-state index is 0.0104. The molecule has 0 spiro atoms. The Morgan fingerprint density at radius 3 is 1.65 bits per heavy atom. The Balaban J connectivity index is 4.93. The Hall–Kier alpha value is -0.570. The highest BCUT2D eigenvalue weighted by molar-refractivity contribution is 5.69. The Morgan fingerprint density at radius 1 is 0.941 bits per heavy atom. The molecule has 3 heteroatoms. The van der Waals surface area contributed by atoms with E-state index in [0.717, 1.165) is 0 Å². The molecule has 3 nitrogen and oxygen atoms in total. The number of carbonyl (C=O) groups excluding carboxylic acids is 1. The summed E-state index contributed by atoms with van der Waals surface area (Å²) in [5.41, 5.74) is -0.138. The van der Waals surface area contributed by atoms with Gasteiger partial charge in [-0.1, -0.05) is 48.5 Å². The molecule has 0 saturated heterocycles. The quantitative estimate of drug-likeness (QED) is 0.554. The molecule has 0 atom stereocenters. The molecule has 0 fully saturated rings. The summed E-state index contributed by atoms with van der Waals surface area (Å²) in [4.78, 5) is 21.2. The molecule has 0 aromatic rings. The second kappa shape index (κ2) is 5.38. The lowest BCUT2D eigenvalue weighted by Crippen LogP contribution is -2.45. The van der Waals surface area contributed by atoms with E-state index >= 15 is 0 Å². The second-order valence-electron chi connectivity index (χ2n) is 6.87. The molecule has 0 N–H and O–H groups in total. The van der Waals surface area contributed by atoms with E-state index < -0.39 is 0 Å². The van der Waals surface area contributed by atoms with Crippen molar-refractivity contribution in [2.45, 2.75) is 61.8 Å². The van der Waals surface area contributed by atoms with E-state index in [9.17, 15) is 4.79 Å². The molecule has 0 aliphatic carbocycles. The highest BCUT2D eigenvalue weighted by Crippen LogP contribution is 2.53. The SMILES string of the molecule is CCOOC(=O)CC(C)(C(C)(C)C)C(C)(C)C. The van der Waals surface area contributed by atoms with Gasteiger partial charge in [-0.15, -0.1) is 0 Å². The van der Waals surface area contributed by atoms with Gasteiger partial charge in [-0.3, -0.25) is 4.89 Å². The van der Waals surface area contributed by atoms with Crippen molar-refractivity contribution in [2.24, 2.45) is 16.2 Å². The standard InChI is InChI=1S/C14H28O3/c1-9-16-17-11(15)10-14(8,12(2,3)4)13(5,6)7/h9-10H2,1-8H3. The number of rotatable bonds is 4. The van der Waals surface area contributed by atoms with Gasteiger partial charge in [0.15, 0.2) is 0 Å². The number of carbonyl (C=O) groups is 1. The maximum absolute atomic E-state index is 11.8. The van der Waals surface area contributed by atoms with Crippen molar-refractivity contribution in [1.82, 2.24) is 0 Å². The molecule has 0 rings (SSSR count). The van der Waals surface area contributed by atoms with Gasteiger partial charge in [0.25, 0.3) is 0 Å². The van der Waals surface area contributed by atoms with E-state index in [-0.39, 0.29) is 22.2 Å². The Labute approximate surface area is 106 Å². The third kappa shape index (κ3) is 3.98. The lowest BCUT2D eigenvalue weighted by Gasteiger charge is -2.50. The van der Waals surface area contributed by atoms with Gasteiger partial charge in [0.05, 0.1) is 13.0 Å². The first-order chi connectivity index (χ1) is 7.45. The molecule has 0 unspecified atom stereocenters. The molecule has 0 aliphatic heterocycles. The fourth-order valence-corrected chi connectivity index (χ4v) is 2.10. The molecule has 0 amide bonds. The van der Waals surface area contributed by atoms with Gasteiger partial charge < -0.3 is 0 Å². The summed E-state index contributed by atoms with van der Waals surface area (Å²) in [6.45, 7) is 17.3. The van der Waals surface area contributed by atoms with Crippen molar-refractivity contribution in [3.8, 4) is 0 Å². The van der Waals surface area contributed by atoms with E-state index in [2.05, 4.69) is 48.5 Å². The highest BCUT2D eigenvalue weighted by atomic mass is 17.2. The predicted molar refractivity (Wildman–Crippen MR) is 69.4 cm³/mol. The summed E-state index contributed by atoms with van der Waals surface area (Å²) in [6.07, 6.45) is 0.361. The zero-order valence-electron chi connectivity index (χ0n) is 12.6. The zero-order valence-corrected chi connectivity index (χ0v) is 12.6. The molecule has 102 valence electrons. The van der Waals surface area contributed by atoms with Crippen LogP contribution in [0.15, 0.2) is 0 Å². The Kier molecular flexibility index (Phi) is 5.20. The van der Waals surface area contributed by atoms with Gasteiger partial charge in [0.1, 0.15) is 0 Å². The maximum atomic E-state index is 11.8. The monoisotopic (exact) mass is 244 g/mol. The normalized spacial score (nSPS) is 13.6. The van der Waals surface area contributed by atoms with Crippen LogP contribution in [0, 0.1) is 16.2 Å². The third-order valence-electron chi connectivity index (χ3n) is 4.08. The molecule has 0 saturated carbocycles. The maximum Gasteiger partial charge on any atom is 0.342 e. The summed E-state index contributed by atoms with van der Waals surface area (Å²) in [5, 5.41) is 0. The largest absolute Gasteiger partial charge is 0.342 e. The molecule has 0 aliphatic rings. The molecule has 0 aromatic heterocycles. The third-order valence-corrected chi connectivity index (χ3v) is 4.08. The van der Waals surface area contributed by atoms with Crippen LogP contribution in [0.25, 0.3) is 0 Å². The van der Waals surface area contributed by atoms with Crippen molar-refractivity contribution in [2.75, 3.05) is 6.61 Å². The van der Waals surface area contributed by atoms with Crippen molar-refractivity contribution >= 4 is 5.97 Å². The summed E-state index contributed by atoms with van der Waals surface area (Å²) >= 11 is 0. The summed E-state index contributed by atoms with van der Waals surface area (Å²) in [5.74, 6) is -0.292. The molecule has 0 radical (unpaired) electrons. The van der Waals surface area contributed by atoms with Crippen molar-refractivity contribution in [3.05, 3.63) is 0 Å². The van der Waals surface area contributed by atoms with Crippen LogP contribution in [0.5, 0.6) is 0 Å². The van der Waals surface area contributed by atoms with E-state index in [4.69, 9.17) is 9.78 Å². The Bertz CT molecular complexity index is 242. The van der Waals surface area contributed by atoms with Gasteiger partial charge in [-0.2, -0.15) is 4.89 Å². The first-order valence-electron chi connectivity index (χ1n) is 6.28. The van der Waals surface area contributed by atoms with Crippen LogP contribution in [0.1, 0.15) is 61.8 Å². The van der Waals surface area contributed by atoms with Gasteiger partial charge in [-0.05, 0) is 23.2 Å². The summed E-state index contributed by atoms with van der Waals surface area (Å²) in [7, 11) is 0. The van der Waals surface area contributed by atoms with Gasteiger partial charge >= 0.3 is 5.97 Å². The summed E-state index contributed by atoms with van der Waals surface area (Å²) in [6, 6.07) is 0. The zero-order chi connectivity index (χ0) is 13.9. The van der Waals surface area contributed by atoms with Gasteiger partial charge in [-0.25, -0.2) is 4.79 Å². The lowest BCUT2D eigenvalue weighted by atomic mass is 9.54. The van der Waals surface area contributed by atoms with Crippen LogP contribution in [0.4, 0.5) is 0 Å². The second-order valence-corrected chi connectivity index (χ2v) is 6.87. The first kappa shape index (κ1) is 16.4. The smallest absolute Gasteiger partial charge is 0.298 e. The molecule has 0 bridgehead atoms. The van der Waals surface area contributed by atoms with Crippen LogP contribution in [-0.4, -0.2) is 12.6 Å². The lowest BCUT2D eigenvalue weighted by molar-refractivity contribution is -0.273. The van der Waals surface area contributed by atoms with Crippen LogP contribution >= 0.6 is 0 Å². The van der Waals surface area contributed by atoms with E-state index in [1.807, 2.05) is 0 Å². The van der Waals surface area contributed by atoms with Crippen LogP contribution < -0.4 is 0 Å². The van der Waals surface area contributed by atoms with E-state index in [1.165, 1.54) is 0 Å². The summed E-state index contributed by atoms with van der Waals surface area (Å²) < 4.78 is 0. The topological polar surface area (TPSA) is 35.5 Å². The van der Waals surface area contributed by atoms with E-state index in [1.54, 1.807) is 6.92 Å². The molecule has 17 heavy (non-hydrogen) atoms. The van der Waals surface area contributed by atoms with Crippen molar-refractivity contribution in [3.63, 3.8) is 0 Å². The van der Waals surface area contributed by atoms with Crippen LogP contribution in [-0.2, 0) is 14.6 Å². The number of hydrogen-bond acceptors (Lipinski definition) is 3. The molecular weight excluding hydrogens is 216 g/mol. The minimum atomic E-state index is -0.292. The highest BCUT2D eigenvalue weighted by Gasteiger charge is 2.48. The van der Waals surface area contributed by atoms with Gasteiger partial charge in [0.2, 0.25) is 0 Å². The van der Waals surface area contributed by atoms with Gasteiger partial charge in [0, 0.05) is 0 Å². The molecular formula is C14H28O3. The van der Waals surface area contributed by atoms with Crippen LogP contribution in [0.3, 0.4) is 0 Å². The predicted octanol–water partition coefficient (Wildman–Crippen LogP) is 3.97. The molecule has 0 heterocycles.